The van der Waals surface area contributed by atoms with Gasteiger partial charge < -0.3 is 5.32 Å². The van der Waals surface area contributed by atoms with Crippen LogP contribution in [-0.2, 0) is 24.3 Å². The summed E-state index contributed by atoms with van der Waals surface area (Å²) in [5.41, 5.74) is 5.36. The van der Waals surface area contributed by atoms with Crippen molar-refractivity contribution in [2.75, 3.05) is 19.3 Å². The lowest BCUT2D eigenvalue weighted by Crippen LogP contribution is -2.24. The summed E-state index contributed by atoms with van der Waals surface area (Å²) in [6.07, 6.45) is 2.99. The van der Waals surface area contributed by atoms with Crippen LogP contribution in [0.4, 0.5) is 0 Å². The van der Waals surface area contributed by atoms with Crippen molar-refractivity contribution in [2.45, 2.75) is 58.8 Å². The Morgan fingerprint density at radius 1 is 1.10 bits per heavy atom. The summed E-state index contributed by atoms with van der Waals surface area (Å²) >= 11 is 1.49. The van der Waals surface area contributed by atoms with Crippen molar-refractivity contribution < 1.29 is 4.79 Å². The lowest BCUT2D eigenvalue weighted by atomic mass is 10.1. The van der Waals surface area contributed by atoms with E-state index in [2.05, 4.69) is 63.4 Å². The van der Waals surface area contributed by atoms with Gasteiger partial charge >= 0.3 is 0 Å². The highest BCUT2D eigenvalue weighted by atomic mass is 32.2. The molecule has 0 radical (unpaired) electrons. The van der Waals surface area contributed by atoms with Gasteiger partial charge in [0.1, 0.15) is 0 Å². The second-order valence-corrected chi connectivity index (χ2v) is 8.40. The first-order valence-corrected chi connectivity index (χ1v) is 12.0. The zero-order valence-corrected chi connectivity index (χ0v) is 19.9. The lowest BCUT2D eigenvalue weighted by molar-refractivity contribution is -0.121. The van der Waals surface area contributed by atoms with Gasteiger partial charge in [-0.15, -0.1) is 5.10 Å². The van der Waals surface area contributed by atoms with Gasteiger partial charge in [0.25, 0.3) is 5.78 Å². The minimum atomic E-state index is 0.0366. The Morgan fingerprint density at radius 2 is 1.77 bits per heavy atom. The van der Waals surface area contributed by atoms with Crippen LogP contribution in [0.1, 0.15) is 48.3 Å². The van der Waals surface area contributed by atoms with Gasteiger partial charge in [-0.2, -0.15) is 4.98 Å². The van der Waals surface area contributed by atoms with Crippen molar-refractivity contribution in [2.24, 2.45) is 0 Å². The van der Waals surface area contributed by atoms with Crippen molar-refractivity contribution in [3.63, 3.8) is 0 Å². The molecule has 1 aromatic carbocycles. The van der Waals surface area contributed by atoms with Gasteiger partial charge in [0.05, 0.1) is 0 Å². The number of benzene rings is 1. The van der Waals surface area contributed by atoms with Crippen LogP contribution in [0.25, 0.3) is 5.78 Å². The summed E-state index contributed by atoms with van der Waals surface area (Å²) in [5.74, 6) is 0.645. The highest BCUT2D eigenvalue weighted by molar-refractivity contribution is 7.98. The first kappa shape index (κ1) is 23.2. The molecule has 0 aliphatic carbocycles. The number of rotatable bonds is 10. The molecule has 0 fully saturated rings. The molecule has 3 rings (SSSR count). The van der Waals surface area contributed by atoms with Crippen LogP contribution in [-0.4, -0.2) is 49.7 Å². The topological polar surface area (TPSA) is 75.4 Å². The van der Waals surface area contributed by atoms with Gasteiger partial charge in [-0.1, -0.05) is 49.9 Å². The average Bonchev–Trinajstić information content (AvgIpc) is 3.20. The quantitative estimate of drug-likeness (QED) is 0.486. The highest BCUT2D eigenvalue weighted by Gasteiger charge is 2.14. The van der Waals surface area contributed by atoms with E-state index in [0.29, 0.717) is 30.3 Å². The van der Waals surface area contributed by atoms with E-state index in [9.17, 15) is 4.79 Å². The van der Waals surface area contributed by atoms with Gasteiger partial charge in [0.15, 0.2) is 0 Å². The molecular weight excluding hydrogens is 408 g/mol. The maximum Gasteiger partial charge on any atom is 0.253 e. The van der Waals surface area contributed by atoms with E-state index >= 15 is 0 Å². The van der Waals surface area contributed by atoms with Crippen molar-refractivity contribution in [1.82, 2.24) is 29.8 Å². The van der Waals surface area contributed by atoms with Crippen molar-refractivity contribution in [1.29, 1.82) is 0 Å². The summed E-state index contributed by atoms with van der Waals surface area (Å²) in [5, 5.41) is 8.21. The number of carbonyl (C=O) groups is 1. The lowest BCUT2D eigenvalue weighted by Gasteiger charge is -2.18. The van der Waals surface area contributed by atoms with Gasteiger partial charge in [0.2, 0.25) is 11.1 Å². The Labute approximate surface area is 188 Å². The Bertz CT molecular complexity index is 1030. The number of hydrogen-bond donors (Lipinski definition) is 1. The van der Waals surface area contributed by atoms with Crippen molar-refractivity contribution >= 4 is 23.4 Å². The average molecular weight is 441 g/mol. The van der Waals surface area contributed by atoms with E-state index in [1.807, 2.05) is 20.1 Å². The summed E-state index contributed by atoms with van der Waals surface area (Å²) in [4.78, 5) is 23.8. The Kier molecular flexibility index (Phi) is 8.03. The monoisotopic (exact) mass is 440 g/mol. The predicted octanol–water partition coefficient (Wildman–Crippen LogP) is 3.55. The fraction of sp³-hybridized carbons (Fsp3) is 0.478. The SMILES string of the molecule is CCN(CC)Cc1ccc(CNC(=O)CCc2c(C)nc3nc(SC)nn3c2C)cc1. The second-order valence-electron chi connectivity index (χ2n) is 7.63. The molecule has 2 heterocycles. The fourth-order valence-corrected chi connectivity index (χ4v) is 3.97. The van der Waals surface area contributed by atoms with Crippen LogP contribution in [0.2, 0.25) is 0 Å². The standard InChI is InChI=1S/C23H32N6OS/c1-6-28(7-2)15-19-10-8-18(9-11-19)14-24-21(30)13-12-20-16(3)25-22-26-23(31-5)27-29(22)17(20)4/h8-11H,6-7,12-15H2,1-5H3,(H,24,30). The molecule has 2 aromatic heterocycles. The first-order chi connectivity index (χ1) is 14.9. The first-order valence-electron chi connectivity index (χ1n) is 10.8. The van der Waals surface area contributed by atoms with Crippen LogP contribution in [0.5, 0.6) is 0 Å². The molecule has 166 valence electrons. The number of aromatic nitrogens is 4. The zero-order valence-electron chi connectivity index (χ0n) is 19.1. The zero-order chi connectivity index (χ0) is 22.4. The molecule has 31 heavy (non-hydrogen) atoms. The molecule has 0 saturated heterocycles. The van der Waals surface area contributed by atoms with E-state index in [4.69, 9.17) is 0 Å². The van der Waals surface area contributed by atoms with Gasteiger partial charge in [-0.25, -0.2) is 9.50 Å². The number of hydrogen-bond acceptors (Lipinski definition) is 6. The molecule has 0 aliphatic rings. The van der Waals surface area contributed by atoms with Gasteiger partial charge in [-0.3, -0.25) is 9.69 Å². The van der Waals surface area contributed by atoms with E-state index in [1.165, 1.54) is 17.3 Å². The molecule has 0 bridgehead atoms. The minimum absolute atomic E-state index is 0.0366. The summed E-state index contributed by atoms with van der Waals surface area (Å²) in [7, 11) is 0. The predicted molar refractivity (Wildman–Crippen MR) is 125 cm³/mol. The van der Waals surface area contributed by atoms with Gasteiger partial charge in [0, 0.05) is 30.9 Å². The third kappa shape index (κ3) is 5.83. The van der Waals surface area contributed by atoms with Gasteiger partial charge in [-0.05, 0) is 56.3 Å². The third-order valence-corrected chi connectivity index (χ3v) is 6.17. The molecule has 0 atom stereocenters. The second kappa shape index (κ2) is 10.7. The number of carbonyl (C=O) groups excluding carboxylic acids is 1. The van der Waals surface area contributed by atoms with Crippen LogP contribution in [0.15, 0.2) is 29.4 Å². The number of fused-ring (bicyclic) bond motifs is 1. The molecule has 0 spiro atoms. The number of aryl methyl sites for hydroxylation is 2. The summed E-state index contributed by atoms with van der Waals surface area (Å²) in [6.45, 7) is 11.9. The third-order valence-electron chi connectivity index (χ3n) is 5.63. The normalized spacial score (nSPS) is 11.4. The molecular formula is C23H32N6OS. The minimum Gasteiger partial charge on any atom is -0.352 e. The molecule has 0 aliphatic heterocycles. The maximum atomic E-state index is 12.4. The summed E-state index contributed by atoms with van der Waals surface area (Å²) < 4.78 is 1.77. The Balaban J connectivity index is 1.55. The van der Waals surface area contributed by atoms with E-state index in [1.54, 1.807) is 4.52 Å². The molecule has 3 aromatic rings. The van der Waals surface area contributed by atoms with Crippen LogP contribution in [0.3, 0.4) is 0 Å². The van der Waals surface area contributed by atoms with E-state index < -0.39 is 0 Å². The van der Waals surface area contributed by atoms with E-state index in [-0.39, 0.29) is 5.91 Å². The van der Waals surface area contributed by atoms with Crippen molar-refractivity contribution in [3.05, 3.63) is 52.3 Å². The van der Waals surface area contributed by atoms with Crippen molar-refractivity contribution in [3.8, 4) is 0 Å². The Hall–Kier alpha value is -2.45. The fourth-order valence-electron chi connectivity index (χ4n) is 3.63. The maximum absolute atomic E-state index is 12.4. The molecule has 0 saturated carbocycles. The highest BCUT2D eigenvalue weighted by Crippen LogP contribution is 2.18. The van der Waals surface area contributed by atoms with E-state index in [0.717, 1.165) is 42.1 Å². The number of nitrogens with zero attached hydrogens (tertiary/aromatic N) is 5. The molecule has 7 nitrogen and oxygen atoms in total. The molecule has 8 heteroatoms. The Morgan fingerprint density at radius 3 is 2.42 bits per heavy atom. The van der Waals surface area contributed by atoms with Crippen LogP contribution < -0.4 is 5.32 Å². The largest absolute Gasteiger partial charge is 0.352 e. The smallest absolute Gasteiger partial charge is 0.253 e. The number of nitrogens with one attached hydrogen (secondary N) is 1. The molecule has 0 unspecified atom stereocenters. The van der Waals surface area contributed by atoms with Crippen LogP contribution in [0, 0.1) is 13.8 Å². The summed E-state index contributed by atoms with van der Waals surface area (Å²) in [6, 6.07) is 8.49. The molecule has 1 N–H and O–H groups in total. The number of amides is 1. The number of thioether (sulfide) groups is 1. The van der Waals surface area contributed by atoms with Crippen LogP contribution >= 0.6 is 11.8 Å². The molecule has 1 amide bonds.